The minimum absolute atomic E-state index is 0.160. The fourth-order valence-electron chi connectivity index (χ4n) is 3.52. The molecule has 2 rings (SSSR count). The molecular weight excluding hydrogens is 452 g/mol. The van der Waals surface area contributed by atoms with Crippen LogP contribution in [-0.2, 0) is 25.4 Å². The number of carbonyl (C=O) groups is 2. The van der Waals surface area contributed by atoms with Crippen molar-refractivity contribution in [2.24, 2.45) is 5.92 Å². The quantitative estimate of drug-likeness (QED) is 0.589. The molecule has 1 aromatic rings. The third kappa shape index (κ3) is 5.94. The van der Waals surface area contributed by atoms with Crippen LogP contribution in [0.2, 0.25) is 0 Å². The van der Waals surface area contributed by atoms with Gasteiger partial charge in [0.15, 0.2) is 5.60 Å². The number of esters is 1. The zero-order valence-electron chi connectivity index (χ0n) is 19.1. The molecule has 168 valence electrons. The van der Waals surface area contributed by atoms with Crippen molar-refractivity contribution in [3.8, 4) is 0 Å². The summed E-state index contributed by atoms with van der Waals surface area (Å²) in [5, 5.41) is 2.88. The number of halogens is 1. The zero-order chi connectivity index (χ0) is 22.9. The van der Waals surface area contributed by atoms with Gasteiger partial charge in [0.25, 0.3) is 0 Å². The van der Waals surface area contributed by atoms with Gasteiger partial charge in [0.05, 0.1) is 6.04 Å². The van der Waals surface area contributed by atoms with E-state index in [0.29, 0.717) is 12.1 Å². The molecule has 2 heterocycles. The topological polar surface area (TPSA) is 86.8 Å². The van der Waals surface area contributed by atoms with Gasteiger partial charge < -0.3 is 19.5 Å². The van der Waals surface area contributed by atoms with Gasteiger partial charge in [0.2, 0.25) is 5.79 Å². The third-order valence-electron chi connectivity index (χ3n) is 4.75. The largest absolute Gasteiger partial charge is 0.444 e. The molecule has 1 fully saturated rings. The van der Waals surface area contributed by atoms with Crippen molar-refractivity contribution in [1.29, 1.82) is 0 Å². The van der Waals surface area contributed by atoms with Gasteiger partial charge in [-0.05, 0) is 51.7 Å². The van der Waals surface area contributed by atoms with Gasteiger partial charge in [-0.25, -0.2) is 9.59 Å². The minimum Gasteiger partial charge on any atom is -0.444 e. The molecule has 0 unspecified atom stereocenters. The average molecular weight is 485 g/mol. The number of aromatic nitrogens is 1. The molecule has 1 aliphatic rings. The lowest BCUT2D eigenvalue weighted by atomic mass is 9.83. The van der Waals surface area contributed by atoms with E-state index in [2.05, 4.69) is 26.2 Å². The fraction of sp³-hybridized carbons (Fsp3) is 0.682. The Balaban J connectivity index is 2.50. The van der Waals surface area contributed by atoms with Crippen molar-refractivity contribution in [1.82, 2.24) is 10.3 Å². The van der Waals surface area contributed by atoms with Crippen molar-refractivity contribution >= 4 is 28.0 Å². The van der Waals surface area contributed by atoms with Crippen LogP contribution in [0.15, 0.2) is 16.7 Å². The molecule has 0 aromatic carbocycles. The number of rotatable bonds is 6. The van der Waals surface area contributed by atoms with Gasteiger partial charge in [0.1, 0.15) is 5.60 Å². The first kappa shape index (κ1) is 24.6. The molecule has 30 heavy (non-hydrogen) atoms. The maximum absolute atomic E-state index is 13.2. The fourth-order valence-corrected chi connectivity index (χ4v) is 3.87. The summed E-state index contributed by atoms with van der Waals surface area (Å²) in [7, 11) is 0. The second-order valence-corrected chi connectivity index (χ2v) is 10.5. The number of pyridine rings is 1. The highest BCUT2D eigenvalue weighted by atomic mass is 79.9. The van der Waals surface area contributed by atoms with Crippen molar-refractivity contribution in [2.45, 2.75) is 91.3 Å². The Bertz CT molecular complexity index is 803. The molecule has 0 saturated carbocycles. The van der Waals surface area contributed by atoms with Crippen molar-refractivity contribution < 1.29 is 23.8 Å². The van der Waals surface area contributed by atoms with Crippen LogP contribution in [0, 0.1) is 12.8 Å². The first-order chi connectivity index (χ1) is 13.7. The predicted octanol–water partition coefficient (Wildman–Crippen LogP) is 4.68. The van der Waals surface area contributed by atoms with Crippen LogP contribution in [0.4, 0.5) is 4.79 Å². The van der Waals surface area contributed by atoms with Crippen molar-refractivity contribution in [3.63, 3.8) is 0 Å². The third-order valence-corrected chi connectivity index (χ3v) is 5.60. The Kier molecular flexibility index (Phi) is 7.24. The van der Waals surface area contributed by atoms with E-state index in [1.54, 1.807) is 40.8 Å². The zero-order valence-corrected chi connectivity index (χ0v) is 20.7. The molecule has 0 spiro atoms. The number of cyclic esters (lactones) is 1. The second kappa shape index (κ2) is 8.83. The van der Waals surface area contributed by atoms with E-state index in [-0.39, 0.29) is 12.3 Å². The van der Waals surface area contributed by atoms with E-state index in [1.165, 1.54) is 0 Å². The molecule has 0 bridgehead atoms. The van der Waals surface area contributed by atoms with E-state index in [1.807, 2.05) is 26.8 Å². The lowest BCUT2D eigenvalue weighted by Crippen LogP contribution is -2.59. The molecule has 1 N–H and O–H groups in total. The van der Waals surface area contributed by atoms with Crippen LogP contribution in [0.5, 0.6) is 0 Å². The highest BCUT2D eigenvalue weighted by molar-refractivity contribution is 9.10. The van der Waals surface area contributed by atoms with Crippen molar-refractivity contribution in [2.75, 3.05) is 0 Å². The summed E-state index contributed by atoms with van der Waals surface area (Å²) in [5.74, 6) is -1.46. The van der Waals surface area contributed by atoms with E-state index in [0.717, 1.165) is 10.0 Å². The first-order valence-electron chi connectivity index (χ1n) is 10.2. The van der Waals surface area contributed by atoms with Gasteiger partial charge in [0, 0.05) is 36.6 Å². The highest BCUT2D eigenvalue weighted by Gasteiger charge is 2.59. The van der Waals surface area contributed by atoms with E-state index in [9.17, 15) is 9.59 Å². The molecule has 1 amide bonds. The summed E-state index contributed by atoms with van der Waals surface area (Å²) in [4.78, 5) is 30.3. The van der Waals surface area contributed by atoms with Gasteiger partial charge in [-0.2, -0.15) is 0 Å². The molecule has 1 aromatic heterocycles. The van der Waals surface area contributed by atoms with Gasteiger partial charge in [-0.3, -0.25) is 4.98 Å². The normalized spacial score (nSPS) is 22.0. The maximum atomic E-state index is 13.2. The summed E-state index contributed by atoms with van der Waals surface area (Å²) >= 11 is 3.51. The predicted molar refractivity (Wildman–Crippen MR) is 117 cm³/mol. The number of hydrogen-bond donors (Lipinski definition) is 1. The standard InChI is InChI=1S/C22H33BrN2O5/c1-13(2)11-17(25-19(27)29-20(4,5)6)22(18(26)28-21(7,8)30-22)12-16-14(3)15(23)9-10-24-16/h9-10,13,17H,11-12H2,1-8H3,(H,25,27)/t17-,22+/m0/s1. The van der Waals surface area contributed by atoms with Crippen LogP contribution in [-0.4, -0.2) is 40.1 Å². The summed E-state index contributed by atoms with van der Waals surface area (Å²) in [6.07, 6.45) is 1.72. The number of carbonyl (C=O) groups excluding carboxylic acids is 2. The molecule has 0 radical (unpaired) electrons. The Morgan fingerprint density at radius 1 is 1.33 bits per heavy atom. The van der Waals surface area contributed by atoms with Crippen LogP contribution in [0.1, 0.15) is 66.1 Å². The molecule has 0 aliphatic carbocycles. The highest BCUT2D eigenvalue weighted by Crippen LogP contribution is 2.40. The number of alkyl carbamates (subject to hydrolysis) is 1. The summed E-state index contributed by atoms with van der Waals surface area (Å²) < 4.78 is 18.1. The van der Waals surface area contributed by atoms with E-state index < -0.39 is 35.1 Å². The van der Waals surface area contributed by atoms with Crippen LogP contribution >= 0.6 is 15.9 Å². The summed E-state index contributed by atoms with van der Waals surface area (Å²) in [6, 6.07) is 1.18. The van der Waals surface area contributed by atoms with Gasteiger partial charge in [-0.1, -0.05) is 29.8 Å². The Morgan fingerprint density at radius 3 is 2.47 bits per heavy atom. The molecule has 2 atom stereocenters. The Morgan fingerprint density at radius 2 is 1.97 bits per heavy atom. The van der Waals surface area contributed by atoms with Crippen molar-refractivity contribution in [3.05, 3.63) is 28.0 Å². The molecule has 1 saturated heterocycles. The number of amides is 1. The Hall–Kier alpha value is -1.67. The number of ether oxygens (including phenoxy) is 3. The maximum Gasteiger partial charge on any atom is 0.407 e. The number of nitrogens with zero attached hydrogens (tertiary/aromatic N) is 1. The number of hydrogen-bond acceptors (Lipinski definition) is 6. The second-order valence-electron chi connectivity index (χ2n) is 9.65. The van der Waals surface area contributed by atoms with Crippen LogP contribution in [0.25, 0.3) is 0 Å². The molecule has 1 aliphatic heterocycles. The molecular formula is C22H33BrN2O5. The lowest BCUT2D eigenvalue weighted by Gasteiger charge is -2.36. The average Bonchev–Trinajstić information content (AvgIpc) is 2.78. The Labute approximate surface area is 187 Å². The van der Waals surface area contributed by atoms with E-state index >= 15 is 0 Å². The van der Waals surface area contributed by atoms with Gasteiger partial charge in [-0.15, -0.1) is 0 Å². The van der Waals surface area contributed by atoms with Gasteiger partial charge >= 0.3 is 12.1 Å². The van der Waals surface area contributed by atoms with E-state index in [4.69, 9.17) is 14.2 Å². The number of nitrogens with one attached hydrogen (secondary N) is 1. The minimum atomic E-state index is -1.43. The smallest absolute Gasteiger partial charge is 0.407 e. The van der Waals surface area contributed by atoms with Crippen LogP contribution < -0.4 is 5.32 Å². The molecule has 8 heteroatoms. The SMILES string of the molecule is Cc1c(Br)ccnc1C[C@]1([C@H](CC(C)C)NC(=O)OC(C)(C)C)OC(C)(C)OC1=O. The monoisotopic (exact) mass is 484 g/mol. The van der Waals surface area contributed by atoms with Crippen LogP contribution in [0.3, 0.4) is 0 Å². The lowest BCUT2D eigenvalue weighted by molar-refractivity contribution is -0.170. The summed E-state index contributed by atoms with van der Waals surface area (Å²) in [5.41, 5.74) is -0.501. The first-order valence-corrected chi connectivity index (χ1v) is 11.0. The molecule has 7 nitrogen and oxygen atoms in total. The summed E-state index contributed by atoms with van der Waals surface area (Å²) in [6.45, 7) is 14.7.